The van der Waals surface area contributed by atoms with Crippen LogP contribution in [0.1, 0.15) is 30.1 Å². The highest BCUT2D eigenvalue weighted by atomic mass is 32.2. The molecule has 2 aromatic rings. The van der Waals surface area contributed by atoms with Crippen molar-refractivity contribution >= 4 is 45.8 Å². The Morgan fingerprint density at radius 3 is 2.72 bits per heavy atom. The van der Waals surface area contributed by atoms with Gasteiger partial charge in [0.05, 0.1) is 17.9 Å². The molecular weight excluding hydrogens is 360 g/mol. The third-order valence-electron chi connectivity index (χ3n) is 3.32. The summed E-state index contributed by atoms with van der Waals surface area (Å²) >= 11 is 2.81. The lowest BCUT2D eigenvalue weighted by atomic mass is 10.2. The number of carbonyl (C=O) groups is 2. The number of benzene rings is 1. The van der Waals surface area contributed by atoms with E-state index in [1.54, 1.807) is 31.2 Å². The van der Waals surface area contributed by atoms with Gasteiger partial charge in [-0.2, -0.15) is 0 Å². The number of hydrogen-bond acceptors (Lipinski definition) is 8. The molecule has 2 N–H and O–H groups in total. The summed E-state index contributed by atoms with van der Waals surface area (Å²) in [6.07, 6.45) is 2.36. The Morgan fingerprint density at radius 2 is 2.04 bits per heavy atom. The molecule has 0 unspecified atom stereocenters. The summed E-state index contributed by atoms with van der Waals surface area (Å²) < 4.78 is 5.68. The number of thioether (sulfide) groups is 1. The van der Waals surface area contributed by atoms with E-state index in [1.165, 1.54) is 35.9 Å². The molecule has 25 heavy (non-hydrogen) atoms. The van der Waals surface area contributed by atoms with E-state index in [1.807, 2.05) is 0 Å². The number of amides is 1. The Morgan fingerprint density at radius 1 is 1.28 bits per heavy atom. The first kappa shape index (κ1) is 17.7. The number of aromatic nitrogens is 2. The average molecular weight is 378 g/mol. The number of hydrogen-bond donors (Lipinski definition) is 2. The van der Waals surface area contributed by atoms with Crippen molar-refractivity contribution in [2.24, 2.45) is 0 Å². The van der Waals surface area contributed by atoms with Crippen LogP contribution in [0.25, 0.3) is 0 Å². The van der Waals surface area contributed by atoms with Crippen LogP contribution in [0.2, 0.25) is 0 Å². The maximum atomic E-state index is 12.0. The number of nitrogens with one attached hydrogen (secondary N) is 2. The van der Waals surface area contributed by atoms with E-state index in [4.69, 9.17) is 4.74 Å². The van der Waals surface area contributed by atoms with Gasteiger partial charge in [-0.3, -0.25) is 4.79 Å². The van der Waals surface area contributed by atoms with Crippen molar-refractivity contribution < 1.29 is 14.3 Å². The Kier molecular flexibility index (Phi) is 5.87. The lowest BCUT2D eigenvalue weighted by Crippen LogP contribution is -2.14. The second kappa shape index (κ2) is 8.30. The summed E-state index contributed by atoms with van der Waals surface area (Å²) in [5.74, 6) is -0.263. The fourth-order valence-electron chi connectivity index (χ4n) is 1.96. The van der Waals surface area contributed by atoms with Gasteiger partial charge in [0.15, 0.2) is 4.34 Å². The largest absolute Gasteiger partial charge is 0.462 e. The van der Waals surface area contributed by atoms with Gasteiger partial charge < -0.3 is 15.4 Å². The molecule has 7 nitrogen and oxygen atoms in total. The van der Waals surface area contributed by atoms with Crippen molar-refractivity contribution in [1.82, 2.24) is 10.2 Å². The molecule has 1 fully saturated rings. The van der Waals surface area contributed by atoms with Crippen LogP contribution in [-0.4, -0.2) is 40.5 Å². The van der Waals surface area contributed by atoms with Gasteiger partial charge in [0.1, 0.15) is 0 Å². The highest BCUT2D eigenvalue weighted by Crippen LogP contribution is 2.30. The molecule has 0 atom stereocenters. The van der Waals surface area contributed by atoms with Crippen LogP contribution in [0.5, 0.6) is 0 Å². The highest BCUT2D eigenvalue weighted by Gasteiger charge is 2.22. The summed E-state index contributed by atoms with van der Waals surface area (Å²) in [7, 11) is 0. The minimum Gasteiger partial charge on any atom is -0.462 e. The van der Waals surface area contributed by atoms with Crippen molar-refractivity contribution in [3.8, 4) is 0 Å². The van der Waals surface area contributed by atoms with Crippen LogP contribution in [0.4, 0.5) is 10.8 Å². The lowest BCUT2D eigenvalue weighted by Gasteiger charge is -2.05. The summed E-state index contributed by atoms with van der Waals surface area (Å²) in [4.78, 5) is 23.6. The smallest absolute Gasteiger partial charge is 0.338 e. The molecule has 9 heteroatoms. The molecular formula is C16H18N4O3S2. The van der Waals surface area contributed by atoms with E-state index in [2.05, 4.69) is 20.8 Å². The van der Waals surface area contributed by atoms with E-state index in [0.717, 1.165) is 9.47 Å². The molecule has 1 aromatic heterocycles. The minimum atomic E-state index is -0.372. The Labute approximate surface area is 153 Å². The fraction of sp³-hybridized carbons (Fsp3) is 0.375. The van der Waals surface area contributed by atoms with Crippen molar-refractivity contribution in [3.05, 3.63) is 29.8 Å². The second-order valence-corrected chi connectivity index (χ2v) is 7.63. The highest BCUT2D eigenvalue weighted by molar-refractivity contribution is 8.01. The normalized spacial score (nSPS) is 13.3. The zero-order valence-electron chi connectivity index (χ0n) is 13.7. The number of esters is 1. The van der Waals surface area contributed by atoms with E-state index in [-0.39, 0.29) is 17.6 Å². The van der Waals surface area contributed by atoms with Crippen LogP contribution in [0.15, 0.2) is 28.6 Å². The Hall–Kier alpha value is -2.13. The van der Waals surface area contributed by atoms with E-state index in [0.29, 0.717) is 23.9 Å². The molecule has 1 aliphatic rings. The molecule has 0 saturated heterocycles. The van der Waals surface area contributed by atoms with Crippen LogP contribution >= 0.6 is 23.1 Å². The van der Waals surface area contributed by atoms with E-state index >= 15 is 0 Å². The summed E-state index contributed by atoms with van der Waals surface area (Å²) in [5.41, 5.74) is 1.09. The fourth-order valence-corrected chi connectivity index (χ4v) is 3.59. The standard InChI is InChI=1S/C16H18N4O3S2/c1-2-23-14(22)10-3-5-11(6-4-10)17-13(21)9-24-16-20-19-15(25-16)18-12-7-8-12/h3-6,12H,2,7-9H2,1H3,(H,17,21)(H,18,19). The molecule has 132 valence electrons. The predicted molar refractivity (Wildman–Crippen MR) is 98.3 cm³/mol. The average Bonchev–Trinajstić information content (AvgIpc) is 3.30. The molecule has 1 amide bonds. The van der Waals surface area contributed by atoms with Crippen molar-refractivity contribution in [1.29, 1.82) is 0 Å². The predicted octanol–water partition coefficient (Wildman–Crippen LogP) is 3.02. The third-order valence-corrected chi connectivity index (χ3v) is 5.31. The maximum Gasteiger partial charge on any atom is 0.338 e. The van der Waals surface area contributed by atoms with Gasteiger partial charge in [-0.05, 0) is 44.0 Å². The number of anilines is 2. The first-order valence-corrected chi connectivity index (χ1v) is 9.74. The SMILES string of the molecule is CCOC(=O)c1ccc(NC(=O)CSc2nnc(NC3CC3)s2)cc1. The van der Waals surface area contributed by atoms with Crippen LogP contribution in [-0.2, 0) is 9.53 Å². The molecule has 0 aliphatic heterocycles. The molecule has 0 radical (unpaired) electrons. The molecule has 1 heterocycles. The molecule has 1 saturated carbocycles. The maximum absolute atomic E-state index is 12.0. The summed E-state index contributed by atoms with van der Waals surface area (Å²) in [6, 6.07) is 7.14. The molecule has 0 bridgehead atoms. The van der Waals surface area contributed by atoms with Crippen LogP contribution < -0.4 is 10.6 Å². The summed E-state index contributed by atoms with van der Waals surface area (Å²) in [6.45, 7) is 2.09. The van der Waals surface area contributed by atoms with Gasteiger partial charge in [-0.25, -0.2) is 4.79 Å². The van der Waals surface area contributed by atoms with Gasteiger partial charge in [-0.15, -0.1) is 10.2 Å². The van der Waals surface area contributed by atoms with Gasteiger partial charge in [-0.1, -0.05) is 23.1 Å². The van der Waals surface area contributed by atoms with Crippen LogP contribution in [0.3, 0.4) is 0 Å². The lowest BCUT2D eigenvalue weighted by molar-refractivity contribution is -0.113. The number of carbonyl (C=O) groups excluding carboxylic acids is 2. The van der Waals surface area contributed by atoms with E-state index in [9.17, 15) is 9.59 Å². The van der Waals surface area contributed by atoms with Crippen molar-refractivity contribution in [3.63, 3.8) is 0 Å². The van der Waals surface area contributed by atoms with Gasteiger partial charge >= 0.3 is 5.97 Å². The van der Waals surface area contributed by atoms with Crippen molar-refractivity contribution in [2.45, 2.75) is 30.1 Å². The van der Waals surface area contributed by atoms with Gasteiger partial charge in [0, 0.05) is 11.7 Å². The zero-order chi connectivity index (χ0) is 17.6. The second-order valence-electron chi connectivity index (χ2n) is 5.43. The number of nitrogens with zero attached hydrogens (tertiary/aromatic N) is 2. The molecule has 1 aromatic carbocycles. The first-order valence-electron chi connectivity index (χ1n) is 7.94. The Bertz CT molecular complexity index is 744. The van der Waals surface area contributed by atoms with Crippen LogP contribution in [0, 0.1) is 0 Å². The monoisotopic (exact) mass is 378 g/mol. The first-order chi connectivity index (χ1) is 12.1. The third kappa shape index (κ3) is 5.43. The zero-order valence-corrected chi connectivity index (χ0v) is 15.3. The Balaban J connectivity index is 1.45. The van der Waals surface area contributed by atoms with E-state index < -0.39 is 0 Å². The number of ether oxygens (including phenoxy) is 1. The summed E-state index contributed by atoms with van der Waals surface area (Å²) in [5, 5.41) is 15.0. The molecule has 0 spiro atoms. The van der Waals surface area contributed by atoms with Crippen molar-refractivity contribution in [2.75, 3.05) is 23.0 Å². The van der Waals surface area contributed by atoms with Gasteiger partial charge in [0.2, 0.25) is 11.0 Å². The quantitative estimate of drug-likeness (QED) is 0.539. The number of rotatable bonds is 8. The molecule has 1 aliphatic carbocycles. The molecule has 3 rings (SSSR count). The topological polar surface area (TPSA) is 93.2 Å². The van der Waals surface area contributed by atoms with Gasteiger partial charge in [0.25, 0.3) is 0 Å². The minimum absolute atomic E-state index is 0.138.